The Balaban J connectivity index is 1.65. The van der Waals surface area contributed by atoms with Crippen molar-refractivity contribution in [2.24, 2.45) is 0 Å². The molecule has 142 valence electrons. The predicted octanol–water partition coefficient (Wildman–Crippen LogP) is 0.908. The summed E-state index contributed by atoms with van der Waals surface area (Å²) < 4.78 is 13.3. The van der Waals surface area contributed by atoms with E-state index in [0.29, 0.717) is 12.8 Å². The normalized spacial score (nSPS) is 21.2. The van der Waals surface area contributed by atoms with E-state index in [4.69, 9.17) is 0 Å². The summed E-state index contributed by atoms with van der Waals surface area (Å²) in [4.78, 5) is 28.6. The van der Waals surface area contributed by atoms with Gasteiger partial charge in [0.05, 0.1) is 24.6 Å². The molecule has 1 fully saturated rings. The quantitative estimate of drug-likeness (QED) is 0.601. The third kappa shape index (κ3) is 4.06. The highest BCUT2D eigenvalue weighted by atomic mass is 19.1. The molecule has 2 aromatic rings. The Hall–Kier alpha value is -3.00. The van der Waals surface area contributed by atoms with E-state index in [9.17, 15) is 24.2 Å². The first-order chi connectivity index (χ1) is 12.9. The van der Waals surface area contributed by atoms with Crippen LogP contribution in [0.1, 0.15) is 28.9 Å². The number of halogens is 1. The van der Waals surface area contributed by atoms with Crippen LogP contribution in [0.4, 0.5) is 4.39 Å². The van der Waals surface area contributed by atoms with Gasteiger partial charge in [-0.05, 0) is 43.2 Å². The van der Waals surface area contributed by atoms with Crippen LogP contribution in [0.15, 0.2) is 42.6 Å². The van der Waals surface area contributed by atoms with Crippen LogP contribution in [0.25, 0.3) is 0 Å². The summed E-state index contributed by atoms with van der Waals surface area (Å²) in [5, 5.41) is 25.0. The molecule has 2 atom stereocenters. The number of phenols is 1. The van der Waals surface area contributed by atoms with Gasteiger partial charge in [-0.3, -0.25) is 14.6 Å². The fourth-order valence-electron chi connectivity index (χ4n) is 3.13. The molecule has 0 saturated heterocycles. The van der Waals surface area contributed by atoms with Gasteiger partial charge in [0.2, 0.25) is 5.91 Å². The molecule has 0 bridgehead atoms. The number of rotatable bonds is 6. The number of amides is 2. The minimum Gasteiger partial charge on any atom is -0.508 e. The Labute approximate surface area is 155 Å². The van der Waals surface area contributed by atoms with Gasteiger partial charge in [-0.1, -0.05) is 6.07 Å². The zero-order valence-corrected chi connectivity index (χ0v) is 14.5. The van der Waals surface area contributed by atoms with Crippen molar-refractivity contribution in [3.8, 4) is 5.75 Å². The molecule has 7 nitrogen and oxygen atoms in total. The highest BCUT2D eigenvalue weighted by molar-refractivity contribution is 5.93. The number of pyridine rings is 1. The molecular weight excluding hydrogens is 353 g/mol. The molecular formula is C19H20FN3O4. The molecule has 2 amide bonds. The maximum Gasteiger partial charge on any atom is 0.270 e. The molecule has 1 saturated carbocycles. The first kappa shape index (κ1) is 18.8. The number of aromatic nitrogens is 1. The maximum absolute atomic E-state index is 13.3. The number of hydrogen-bond acceptors (Lipinski definition) is 5. The van der Waals surface area contributed by atoms with E-state index in [1.54, 1.807) is 18.2 Å². The number of aliphatic hydroxyl groups excluding tert-OH is 1. The van der Waals surface area contributed by atoms with Gasteiger partial charge in [-0.25, -0.2) is 4.39 Å². The molecule has 27 heavy (non-hydrogen) atoms. The summed E-state index contributed by atoms with van der Waals surface area (Å²) in [5.41, 5.74) is -0.597. The summed E-state index contributed by atoms with van der Waals surface area (Å²) in [6.07, 6.45) is 2.35. The van der Waals surface area contributed by atoms with E-state index in [-0.39, 0.29) is 30.0 Å². The van der Waals surface area contributed by atoms with Crippen molar-refractivity contribution in [3.05, 3.63) is 59.7 Å². The second-order valence-electron chi connectivity index (χ2n) is 6.59. The number of carbonyl (C=O) groups excluding carboxylic acids is 2. The summed E-state index contributed by atoms with van der Waals surface area (Å²) in [6.45, 7) is -0.346. The van der Waals surface area contributed by atoms with Gasteiger partial charge < -0.3 is 20.8 Å². The molecule has 0 spiro atoms. The zero-order valence-electron chi connectivity index (χ0n) is 14.5. The summed E-state index contributed by atoms with van der Waals surface area (Å²) >= 11 is 0. The van der Waals surface area contributed by atoms with Crippen LogP contribution in [0.5, 0.6) is 5.75 Å². The van der Waals surface area contributed by atoms with Crippen molar-refractivity contribution in [2.75, 3.05) is 6.61 Å². The van der Waals surface area contributed by atoms with Gasteiger partial charge in [-0.15, -0.1) is 0 Å². The van der Waals surface area contributed by atoms with Crippen molar-refractivity contribution in [3.63, 3.8) is 0 Å². The first-order valence-corrected chi connectivity index (χ1v) is 8.55. The number of nitrogens with one attached hydrogen (secondary N) is 2. The Kier molecular flexibility index (Phi) is 5.36. The number of nitrogens with zero attached hydrogens (tertiary/aromatic N) is 1. The molecule has 1 aliphatic rings. The fraction of sp³-hybridized carbons (Fsp3) is 0.316. The second kappa shape index (κ2) is 7.71. The molecule has 3 rings (SSSR count). The monoisotopic (exact) mass is 373 g/mol. The van der Waals surface area contributed by atoms with Crippen molar-refractivity contribution >= 4 is 11.8 Å². The van der Waals surface area contributed by atoms with Crippen molar-refractivity contribution < 1.29 is 24.2 Å². The van der Waals surface area contributed by atoms with E-state index in [2.05, 4.69) is 15.6 Å². The smallest absolute Gasteiger partial charge is 0.270 e. The summed E-state index contributed by atoms with van der Waals surface area (Å²) in [7, 11) is 0. The lowest BCUT2D eigenvalue weighted by molar-refractivity contribution is -0.123. The zero-order chi connectivity index (χ0) is 19.4. The largest absolute Gasteiger partial charge is 0.508 e. The molecule has 1 aromatic heterocycles. The molecule has 0 radical (unpaired) electrons. The Bertz CT molecular complexity index is 842. The van der Waals surface area contributed by atoms with Gasteiger partial charge in [0, 0.05) is 11.8 Å². The van der Waals surface area contributed by atoms with Crippen LogP contribution in [0.3, 0.4) is 0 Å². The lowest BCUT2D eigenvalue weighted by Gasteiger charge is -2.48. The van der Waals surface area contributed by atoms with Gasteiger partial charge >= 0.3 is 0 Å². The maximum atomic E-state index is 13.3. The number of aromatic hydroxyl groups is 1. The lowest BCUT2D eigenvalue weighted by Crippen LogP contribution is -2.70. The average Bonchev–Trinajstić information content (AvgIpc) is 2.66. The predicted molar refractivity (Wildman–Crippen MR) is 94.5 cm³/mol. The minimum absolute atomic E-state index is 0.166. The van der Waals surface area contributed by atoms with Crippen molar-refractivity contribution in [2.45, 2.75) is 30.8 Å². The molecule has 0 aliphatic heterocycles. The Morgan fingerprint density at radius 2 is 2.11 bits per heavy atom. The van der Waals surface area contributed by atoms with E-state index in [0.717, 1.165) is 12.1 Å². The minimum atomic E-state index is -0.978. The summed E-state index contributed by atoms with van der Waals surface area (Å²) in [5.74, 6) is -1.60. The highest BCUT2D eigenvalue weighted by Crippen LogP contribution is 2.32. The fourth-order valence-corrected chi connectivity index (χ4v) is 3.13. The SMILES string of the molecule is O=C(Cc1cc(F)ccc1O)NC1CCC1(CO)NC(=O)c1ccccn1. The number of carbonyl (C=O) groups is 2. The third-order valence-corrected chi connectivity index (χ3v) is 4.82. The topological polar surface area (TPSA) is 112 Å². The van der Waals surface area contributed by atoms with Gasteiger partial charge in [0.15, 0.2) is 0 Å². The Morgan fingerprint density at radius 1 is 1.30 bits per heavy atom. The molecule has 4 N–H and O–H groups in total. The van der Waals surface area contributed by atoms with Crippen LogP contribution < -0.4 is 10.6 Å². The van der Waals surface area contributed by atoms with Crippen LogP contribution >= 0.6 is 0 Å². The Morgan fingerprint density at radius 3 is 2.74 bits per heavy atom. The standard InChI is InChI=1S/C19H20FN3O4/c20-13-4-5-15(25)12(9-13)10-17(26)22-16-6-7-19(16,11-24)23-18(27)14-3-1-2-8-21-14/h1-5,8-9,16,24-25H,6-7,10-11H2,(H,22,26)(H,23,27). The number of hydrogen-bond donors (Lipinski definition) is 4. The van der Waals surface area contributed by atoms with Gasteiger partial charge in [-0.2, -0.15) is 0 Å². The van der Waals surface area contributed by atoms with E-state index >= 15 is 0 Å². The van der Waals surface area contributed by atoms with Crippen LogP contribution in [-0.2, 0) is 11.2 Å². The second-order valence-corrected chi connectivity index (χ2v) is 6.59. The number of aliphatic hydroxyl groups is 1. The van der Waals surface area contributed by atoms with Gasteiger partial charge in [0.1, 0.15) is 17.3 Å². The average molecular weight is 373 g/mol. The summed E-state index contributed by atoms with van der Waals surface area (Å²) in [6, 6.07) is 7.83. The molecule has 1 aromatic carbocycles. The van der Waals surface area contributed by atoms with Gasteiger partial charge in [0.25, 0.3) is 5.91 Å². The van der Waals surface area contributed by atoms with E-state index in [1.165, 1.54) is 12.3 Å². The van der Waals surface area contributed by atoms with E-state index in [1.807, 2.05) is 0 Å². The van der Waals surface area contributed by atoms with E-state index < -0.39 is 29.2 Å². The third-order valence-electron chi connectivity index (χ3n) is 4.82. The van der Waals surface area contributed by atoms with Crippen LogP contribution in [-0.4, -0.2) is 45.2 Å². The lowest BCUT2D eigenvalue weighted by atomic mass is 9.71. The molecule has 2 unspecified atom stereocenters. The number of benzene rings is 1. The van der Waals surface area contributed by atoms with Crippen molar-refractivity contribution in [1.82, 2.24) is 15.6 Å². The number of phenolic OH excluding ortho intramolecular Hbond substituents is 1. The van der Waals surface area contributed by atoms with Crippen LogP contribution in [0.2, 0.25) is 0 Å². The molecule has 1 heterocycles. The van der Waals surface area contributed by atoms with Crippen molar-refractivity contribution in [1.29, 1.82) is 0 Å². The highest BCUT2D eigenvalue weighted by Gasteiger charge is 2.48. The first-order valence-electron chi connectivity index (χ1n) is 8.55. The van der Waals surface area contributed by atoms with Crippen LogP contribution in [0, 0.1) is 5.82 Å². The molecule has 1 aliphatic carbocycles. The molecule has 8 heteroatoms.